The quantitative estimate of drug-likeness (QED) is 0.756. The molecule has 80 valence electrons. The van der Waals surface area contributed by atoms with Crippen molar-refractivity contribution in [2.24, 2.45) is 0 Å². The van der Waals surface area contributed by atoms with E-state index in [1.807, 2.05) is 0 Å². The molecule has 3 nitrogen and oxygen atoms in total. The lowest BCUT2D eigenvalue weighted by atomic mass is 10.0. The third-order valence-electron chi connectivity index (χ3n) is 2.07. The lowest BCUT2D eigenvalue weighted by Crippen LogP contribution is -1.98. The van der Waals surface area contributed by atoms with Crippen LogP contribution in [-0.4, -0.2) is 17.4 Å². The number of halogens is 1. The number of rotatable bonds is 5. The van der Waals surface area contributed by atoms with Crippen molar-refractivity contribution >= 4 is 12.3 Å². The molecule has 0 aliphatic rings. The van der Waals surface area contributed by atoms with Crippen LogP contribution in [0.4, 0.5) is 4.39 Å². The van der Waals surface area contributed by atoms with Crippen LogP contribution in [0.5, 0.6) is 0 Å². The van der Waals surface area contributed by atoms with Crippen LogP contribution in [0.3, 0.4) is 0 Å². The Bertz CT molecular complexity index is 374. The third kappa shape index (κ3) is 3.50. The van der Waals surface area contributed by atoms with Gasteiger partial charge >= 0.3 is 5.97 Å². The first-order chi connectivity index (χ1) is 7.13. The van der Waals surface area contributed by atoms with E-state index in [0.29, 0.717) is 30.3 Å². The summed E-state index contributed by atoms with van der Waals surface area (Å²) in [6, 6.07) is 3.94. The highest BCUT2D eigenvalue weighted by Crippen LogP contribution is 2.12. The van der Waals surface area contributed by atoms with Gasteiger partial charge in [-0.1, -0.05) is 6.07 Å². The number of hydrogen-bond donors (Lipinski definition) is 1. The molecule has 0 radical (unpaired) electrons. The molecule has 0 amide bonds. The van der Waals surface area contributed by atoms with Crippen LogP contribution in [0.1, 0.15) is 28.8 Å². The molecule has 1 N–H and O–H groups in total. The number of aryl methyl sites for hydroxylation is 1. The summed E-state index contributed by atoms with van der Waals surface area (Å²) in [5.41, 5.74) is 0.980. The average molecular weight is 210 g/mol. The number of hydrogen-bond acceptors (Lipinski definition) is 2. The first kappa shape index (κ1) is 11.4. The Labute approximate surface area is 86.5 Å². The molecule has 0 saturated heterocycles. The fraction of sp³-hybridized carbons (Fsp3) is 0.273. The number of carbonyl (C=O) groups is 2. The van der Waals surface area contributed by atoms with Gasteiger partial charge in [0, 0.05) is 12.0 Å². The first-order valence-corrected chi connectivity index (χ1v) is 4.59. The summed E-state index contributed by atoms with van der Waals surface area (Å²) in [6.07, 6.45) is 1.55. The van der Waals surface area contributed by atoms with E-state index < -0.39 is 11.8 Å². The number of aliphatic carboxylic acids is 1. The molecule has 1 aromatic carbocycles. The maximum Gasteiger partial charge on any atom is 0.303 e. The molecule has 0 unspecified atom stereocenters. The minimum Gasteiger partial charge on any atom is -0.481 e. The molecular formula is C11H11FO3. The standard InChI is InChI=1S/C11H11FO3/c12-10-5-4-8(9(6-10)7-13)2-1-3-11(14)15/h4-7H,1-3H2,(H,14,15). The monoisotopic (exact) mass is 210 g/mol. The molecule has 0 saturated carbocycles. The Balaban J connectivity index is 2.67. The van der Waals surface area contributed by atoms with Crippen molar-refractivity contribution in [3.63, 3.8) is 0 Å². The van der Waals surface area contributed by atoms with Crippen LogP contribution in [0.25, 0.3) is 0 Å². The molecule has 0 aliphatic carbocycles. The van der Waals surface area contributed by atoms with Gasteiger partial charge in [-0.2, -0.15) is 0 Å². The summed E-state index contributed by atoms with van der Waals surface area (Å²) < 4.78 is 12.7. The molecule has 0 fully saturated rings. The van der Waals surface area contributed by atoms with Gasteiger partial charge in [0.2, 0.25) is 0 Å². The van der Waals surface area contributed by atoms with Gasteiger partial charge in [-0.25, -0.2) is 4.39 Å². The highest BCUT2D eigenvalue weighted by Gasteiger charge is 2.04. The van der Waals surface area contributed by atoms with Crippen molar-refractivity contribution in [1.29, 1.82) is 0 Å². The molecular weight excluding hydrogens is 199 g/mol. The van der Waals surface area contributed by atoms with Crippen molar-refractivity contribution in [3.8, 4) is 0 Å². The molecule has 15 heavy (non-hydrogen) atoms. The second-order valence-electron chi connectivity index (χ2n) is 3.21. The summed E-state index contributed by atoms with van der Waals surface area (Å²) in [6.45, 7) is 0. The second-order valence-corrected chi connectivity index (χ2v) is 3.21. The van der Waals surface area contributed by atoms with Crippen molar-refractivity contribution in [3.05, 3.63) is 35.1 Å². The van der Waals surface area contributed by atoms with Crippen LogP contribution in [0.15, 0.2) is 18.2 Å². The Morgan fingerprint density at radius 2 is 2.20 bits per heavy atom. The molecule has 0 heterocycles. The maximum atomic E-state index is 12.7. The van der Waals surface area contributed by atoms with Gasteiger partial charge in [0.15, 0.2) is 0 Å². The lowest BCUT2D eigenvalue weighted by Gasteiger charge is -2.03. The maximum absolute atomic E-state index is 12.7. The Hall–Kier alpha value is -1.71. The van der Waals surface area contributed by atoms with E-state index in [9.17, 15) is 14.0 Å². The van der Waals surface area contributed by atoms with Crippen molar-refractivity contribution in [2.75, 3.05) is 0 Å². The molecule has 0 atom stereocenters. The molecule has 1 aromatic rings. The molecule has 0 aromatic heterocycles. The predicted octanol–water partition coefficient (Wildman–Crippen LogP) is 2.05. The Kier molecular flexibility index (Phi) is 3.97. The lowest BCUT2D eigenvalue weighted by molar-refractivity contribution is -0.137. The minimum absolute atomic E-state index is 0.0513. The number of carboxylic acids is 1. The zero-order valence-electron chi connectivity index (χ0n) is 8.07. The average Bonchev–Trinajstić information content (AvgIpc) is 2.19. The van der Waals surface area contributed by atoms with Gasteiger partial charge in [-0.05, 0) is 30.5 Å². The molecule has 0 aliphatic heterocycles. The Morgan fingerprint density at radius 1 is 1.47 bits per heavy atom. The van der Waals surface area contributed by atoms with Gasteiger partial charge in [0.25, 0.3) is 0 Å². The van der Waals surface area contributed by atoms with E-state index >= 15 is 0 Å². The fourth-order valence-electron chi connectivity index (χ4n) is 1.33. The minimum atomic E-state index is -0.871. The zero-order chi connectivity index (χ0) is 11.3. The van der Waals surface area contributed by atoms with Gasteiger partial charge < -0.3 is 5.11 Å². The van der Waals surface area contributed by atoms with Crippen LogP contribution in [0.2, 0.25) is 0 Å². The highest BCUT2D eigenvalue weighted by atomic mass is 19.1. The van der Waals surface area contributed by atoms with Crippen LogP contribution >= 0.6 is 0 Å². The largest absolute Gasteiger partial charge is 0.481 e. The van der Waals surface area contributed by atoms with Gasteiger partial charge in [-0.15, -0.1) is 0 Å². The topological polar surface area (TPSA) is 54.4 Å². The van der Waals surface area contributed by atoms with Crippen molar-refractivity contribution in [2.45, 2.75) is 19.3 Å². The highest BCUT2D eigenvalue weighted by molar-refractivity contribution is 5.77. The van der Waals surface area contributed by atoms with Gasteiger partial charge in [0.1, 0.15) is 12.1 Å². The van der Waals surface area contributed by atoms with Crippen LogP contribution in [-0.2, 0) is 11.2 Å². The summed E-state index contributed by atoms with van der Waals surface area (Å²) in [4.78, 5) is 20.9. The Morgan fingerprint density at radius 3 is 2.80 bits per heavy atom. The number of benzene rings is 1. The van der Waals surface area contributed by atoms with E-state index in [0.717, 1.165) is 6.07 Å². The second kappa shape index (κ2) is 5.24. The summed E-state index contributed by atoms with van der Waals surface area (Å²) in [5, 5.41) is 8.43. The summed E-state index contributed by atoms with van der Waals surface area (Å²) in [7, 11) is 0. The number of carbonyl (C=O) groups excluding carboxylic acids is 1. The first-order valence-electron chi connectivity index (χ1n) is 4.59. The molecule has 0 bridgehead atoms. The zero-order valence-corrected chi connectivity index (χ0v) is 8.07. The van der Waals surface area contributed by atoms with Crippen LogP contribution in [0, 0.1) is 5.82 Å². The summed E-state index contributed by atoms with van der Waals surface area (Å²) >= 11 is 0. The van der Waals surface area contributed by atoms with Gasteiger partial charge in [-0.3, -0.25) is 9.59 Å². The van der Waals surface area contributed by atoms with E-state index in [2.05, 4.69) is 0 Å². The third-order valence-corrected chi connectivity index (χ3v) is 2.07. The van der Waals surface area contributed by atoms with E-state index in [4.69, 9.17) is 5.11 Å². The SMILES string of the molecule is O=Cc1cc(F)ccc1CCCC(=O)O. The molecule has 4 heteroatoms. The smallest absolute Gasteiger partial charge is 0.303 e. The van der Waals surface area contributed by atoms with E-state index in [1.165, 1.54) is 12.1 Å². The number of carboxylic acid groups (broad SMARTS) is 1. The predicted molar refractivity (Wildman–Crippen MR) is 52.4 cm³/mol. The van der Waals surface area contributed by atoms with Crippen LogP contribution < -0.4 is 0 Å². The van der Waals surface area contributed by atoms with E-state index in [-0.39, 0.29) is 6.42 Å². The van der Waals surface area contributed by atoms with E-state index in [1.54, 1.807) is 0 Å². The summed E-state index contributed by atoms with van der Waals surface area (Å²) in [5.74, 6) is -1.33. The normalized spacial score (nSPS) is 9.93. The number of aldehydes is 1. The molecule has 0 spiro atoms. The van der Waals surface area contributed by atoms with Gasteiger partial charge in [0.05, 0.1) is 0 Å². The molecule has 1 rings (SSSR count). The fourth-order valence-corrected chi connectivity index (χ4v) is 1.33. The van der Waals surface area contributed by atoms with Crippen molar-refractivity contribution in [1.82, 2.24) is 0 Å². The van der Waals surface area contributed by atoms with Crippen molar-refractivity contribution < 1.29 is 19.1 Å².